The molecule has 0 saturated heterocycles. The molecule has 3 atom stereocenters. The molecule has 2 rings (SSSR count). The zero-order chi connectivity index (χ0) is 11.2. The molecule has 0 radical (unpaired) electrons. The zero-order valence-corrected chi connectivity index (χ0v) is 9.19. The quantitative estimate of drug-likeness (QED) is 0.685. The highest BCUT2D eigenvalue weighted by Crippen LogP contribution is 2.40. The SMILES string of the molecule is Cc1cc(O)cc2c1C(C)C(O)C(C)O2. The maximum absolute atomic E-state index is 9.90. The van der Waals surface area contributed by atoms with Crippen LogP contribution in [0.15, 0.2) is 12.1 Å². The lowest BCUT2D eigenvalue weighted by Gasteiger charge is -2.34. The van der Waals surface area contributed by atoms with Crippen LogP contribution in [0.3, 0.4) is 0 Å². The van der Waals surface area contributed by atoms with Crippen LogP contribution in [0.4, 0.5) is 0 Å². The lowest BCUT2D eigenvalue weighted by atomic mass is 9.86. The molecule has 1 aliphatic heterocycles. The molecule has 2 N–H and O–H groups in total. The molecule has 0 saturated carbocycles. The number of fused-ring (bicyclic) bond motifs is 1. The molecule has 15 heavy (non-hydrogen) atoms. The number of aromatic hydroxyl groups is 1. The first-order valence-corrected chi connectivity index (χ1v) is 5.19. The second-order valence-corrected chi connectivity index (χ2v) is 4.28. The van der Waals surface area contributed by atoms with Gasteiger partial charge in [0, 0.05) is 17.5 Å². The average molecular weight is 208 g/mol. The molecule has 0 fully saturated rings. The van der Waals surface area contributed by atoms with Gasteiger partial charge in [0.1, 0.15) is 17.6 Å². The third-order valence-electron chi connectivity index (χ3n) is 3.10. The van der Waals surface area contributed by atoms with Gasteiger partial charge in [-0.15, -0.1) is 0 Å². The molecule has 0 aliphatic carbocycles. The second kappa shape index (κ2) is 3.42. The number of phenolic OH excluding ortho intramolecular Hbond substituents is 1. The van der Waals surface area contributed by atoms with E-state index < -0.39 is 6.10 Å². The first-order chi connectivity index (χ1) is 7.00. The maximum Gasteiger partial charge on any atom is 0.127 e. The Morgan fingerprint density at radius 2 is 1.93 bits per heavy atom. The molecule has 1 aliphatic rings. The smallest absolute Gasteiger partial charge is 0.127 e. The summed E-state index contributed by atoms with van der Waals surface area (Å²) in [6, 6.07) is 3.31. The van der Waals surface area contributed by atoms with E-state index in [0.29, 0.717) is 5.75 Å². The average Bonchev–Trinajstić information content (AvgIpc) is 2.13. The first-order valence-electron chi connectivity index (χ1n) is 5.19. The van der Waals surface area contributed by atoms with Crippen LogP contribution in [0.2, 0.25) is 0 Å². The third-order valence-corrected chi connectivity index (χ3v) is 3.10. The number of hydrogen-bond acceptors (Lipinski definition) is 3. The van der Waals surface area contributed by atoms with Crippen LogP contribution in [0.1, 0.15) is 30.9 Å². The molecule has 82 valence electrons. The normalized spacial score (nSPS) is 29.5. The van der Waals surface area contributed by atoms with Crippen molar-refractivity contribution >= 4 is 0 Å². The number of aliphatic hydroxyl groups is 1. The molecule has 3 heteroatoms. The lowest BCUT2D eigenvalue weighted by Crippen LogP contribution is -2.37. The first kappa shape index (κ1) is 10.3. The Morgan fingerprint density at radius 1 is 1.27 bits per heavy atom. The number of aryl methyl sites for hydroxylation is 1. The fraction of sp³-hybridized carbons (Fsp3) is 0.500. The van der Waals surface area contributed by atoms with E-state index in [0.717, 1.165) is 11.1 Å². The minimum Gasteiger partial charge on any atom is -0.508 e. The fourth-order valence-corrected chi connectivity index (χ4v) is 2.28. The summed E-state index contributed by atoms with van der Waals surface area (Å²) in [4.78, 5) is 0. The number of benzene rings is 1. The van der Waals surface area contributed by atoms with E-state index in [-0.39, 0.29) is 17.8 Å². The van der Waals surface area contributed by atoms with Crippen LogP contribution >= 0.6 is 0 Å². The Hall–Kier alpha value is -1.22. The molecule has 0 amide bonds. The van der Waals surface area contributed by atoms with Crippen LogP contribution < -0.4 is 4.74 Å². The van der Waals surface area contributed by atoms with Crippen LogP contribution in [0.5, 0.6) is 11.5 Å². The van der Waals surface area contributed by atoms with Crippen molar-refractivity contribution in [2.75, 3.05) is 0 Å². The zero-order valence-electron chi connectivity index (χ0n) is 9.19. The summed E-state index contributed by atoms with van der Waals surface area (Å²) in [5.74, 6) is 0.948. The standard InChI is InChI=1S/C12H16O3/c1-6-4-9(13)5-10-11(6)7(2)12(14)8(3)15-10/h4-5,7-8,12-14H,1-3H3. The Bertz CT molecular complexity index is 387. The molecule has 1 aromatic rings. The van der Waals surface area contributed by atoms with Gasteiger partial charge in [0.2, 0.25) is 0 Å². The van der Waals surface area contributed by atoms with Gasteiger partial charge in [-0.25, -0.2) is 0 Å². The van der Waals surface area contributed by atoms with Gasteiger partial charge in [0.15, 0.2) is 0 Å². The Morgan fingerprint density at radius 3 is 2.60 bits per heavy atom. The molecule has 1 aromatic carbocycles. The van der Waals surface area contributed by atoms with Crippen molar-refractivity contribution in [1.82, 2.24) is 0 Å². The molecular weight excluding hydrogens is 192 g/mol. The van der Waals surface area contributed by atoms with Gasteiger partial charge in [0.05, 0.1) is 6.10 Å². The van der Waals surface area contributed by atoms with Crippen molar-refractivity contribution in [2.24, 2.45) is 0 Å². The summed E-state index contributed by atoms with van der Waals surface area (Å²) in [6.07, 6.45) is -0.713. The molecule has 3 nitrogen and oxygen atoms in total. The highest BCUT2D eigenvalue weighted by Gasteiger charge is 2.32. The number of phenols is 1. The second-order valence-electron chi connectivity index (χ2n) is 4.28. The summed E-state index contributed by atoms with van der Waals surface area (Å²) in [6.45, 7) is 5.73. The predicted octanol–water partition coefficient (Wildman–Crippen LogP) is 1.95. The summed E-state index contributed by atoms with van der Waals surface area (Å²) >= 11 is 0. The van der Waals surface area contributed by atoms with E-state index in [4.69, 9.17) is 4.74 Å². The molecular formula is C12H16O3. The molecule has 3 unspecified atom stereocenters. The van der Waals surface area contributed by atoms with E-state index >= 15 is 0 Å². The maximum atomic E-state index is 9.90. The van der Waals surface area contributed by atoms with Crippen molar-refractivity contribution in [3.05, 3.63) is 23.3 Å². The Balaban J connectivity index is 2.55. The van der Waals surface area contributed by atoms with Gasteiger partial charge in [-0.1, -0.05) is 6.92 Å². The van der Waals surface area contributed by atoms with Gasteiger partial charge in [-0.3, -0.25) is 0 Å². The van der Waals surface area contributed by atoms with Gasteiger partial charge in [-0.2, -0.15) is 0 Å². The van der Waals surface area contributed by atoms with Crippen LogP contribution in [0.25, 0.3) is 0 Å². The largest absolute Gasteiger partial charge is 0.508 e. The van der Waals surface area contributed by atoms with E-state index in [1.165, 1.54) is 0 Å². The Kier molecular flexibility index (Phi) is 2.35. The molecule has 0 spiro atoms. The summed E-state index contributed by atoms with van der Waals surface area (Å²) in [7, 11) is 0. The van der Waals surface area contributed by atoms with E-state index in [1.807, 2.05) is 20.8 Å². The summed E-state index contributed by atoms with van der Waals surface area (Å²) in [5.41, 5.74) is 1.96. The third kappa shape index (κ3) is 1.57. The van der Waals surface area contributed by atoms with E-state index in [1.54, 1.807) is 12.1 Å². The topological polar surface area (TPSA) is 49.7 Å². The predicted molar refractivity (Wildman–Crippen MR) is 57.4 cm³/mol. The minimum atomic E-state index is -0.485. The summed E-state index contributed by atoms with van der Waals surface area (Å²) < 4.78 is 5.57. The number of hydrogen-bond donors (Lipinski definition) is 2. The lowest BCUT2D eigenvalue weighted by molar-refractivity contribution is 0.0150. The number of ether oxygens (including phenoxy) is 1. The van der Waals surface area contributed by atoms with Gasteiger partial charge in [-0.05, 0) is 25.5 Å². The summed E-state index contributed by atoms with van der Waals surface area (Å²) in [5, 5.41) is 19.4. The number of rotatable bonds is 0. The minimum absolute atomic E-state index is 0.0457. The molecule has 0 bridgehead atoms. The van der Waals surface area contributed by atoms with E-state index in [9.17, 15) is 10.2 Å². The fourth-order valence-electron chi connectivity index (χ4n) is 2.28. The highest BCUT2D eigenvalue weighted by molar-refractivity contribution is 5.49. The monoisotopic (exact) mass is 208 g/mol. The highest BCUT2D eigenvalue weighted by atomic mass is 16.5. The number of aliphatic hydroxyl groups excluding tert-OH is 1. The van der Waals surface area contributed by atoms with Crippen molar-refractivity contribution < 1.29 is 14.9 Å². The van der Waals surface area contributed by atoms with Crippen LogP contribution in [0, 0.1) is 6.92 Å². The van der Waals surface area contributed by atoms with E-state index in [2.05, 4.69) is 0 Å². The van der Waals surface area contributed by atoms with Crippen LogP contribution in [-0.2, 0) is 0 Å². The van der Waals surface area contributed by atoms with Gasteiger partial charge < -0.3 is 14.9 Å². The van der Waals surface area contributed by atoms with Gasteiger partial charge >= 0.3 is 0 Å². The van der Waals surface area contributed by atoms with Crippen molar-refractivity contribution in [3.8, 4) is 11.5 Å². The molecule has 0 aromatic heterocycles. The Labute approximate surface area is 89.3 Å². The van der Waals surface area contributed by atoms with Crippen molar-refractivity contribution in [1.29, 1.82) is 0 Å². The van der Waals surface area contributed by atoms with Gasteiger partial charge in [0.25, 0.3) is 0 Å². The van der Waals surface area contributed by atoms with Crippen LogP contribution in [-0.4, -0.2) is 22.4 Å². The van der Waals surface area contributed by atoms with Crippen molar-refractivity contribution in [3.63, 3.8) is 0 Å². The molecule has 1 heterocycles. The van der Waals surface area contributed by atoms with Crippen molar-refractivity contribution in [2.45, 2.75) is 38.9 Å².